The highest BCUT2D eigenvalue weighted by atomic mass is 35.5. The van der Waals surface area contributed by atoms with E-state index in [9.17, 15) is 23.1 Å². The number of phenols is 1. The molecule has 0 aliphatic heterocycles. The number of halogens is 4. The smallest absolute Gasteiger partial charge is 0.416 e. The van der Waals surface area contributed by atoms with Crippen LogP contribution in [0.5, 0.6) is 5.75 Å². The number of carbonyl (C=O) groups excluding carboxylic acids is 1. The second-order valence-electron chi connectivity index (χ2n) is 4.48. The third-order valence-corrected chi connectivity index (χ3v) is 3.05. The van der Waals surface area contributed by atoms with Crippen molar-refractivity contribution in [2.45, 2.75) is 6.18 Å². The van der Waals surface area contributed by atoms with E-state index in [2.05, 4.69) is 10.5 Å². The third kappa shape index (κ3) is 4.46. The molecule has 1 amide bonds. The number of hydrogen-bond acceptors (Lipinski definition) is 3. The lowest BCUT2D eigenvalue weighted by Crippen LogP contribution is -2.18. The first-order valence-electron chi connectivity index (χ1n) is 6.26. The first kappa shape index (κ1) is 16.8. The summed E-state index contributed by atoms with van der Waals surface area (Å²) >= 11 is 5.75. The van der Waals surface area contributed by atoms with Gasteiger partial charge >= 0.3 is 6.18 Å². The van der Waals surface area contributed by atoms with Crippen molar-refractivity contribution in [2.24, 2.45) is 5.10 Å². The van der Waals surface area contributed by atoms with Crippen LogP contribution in [0.15, 0.2) is 47.6 Å². The number of rotatable bonds is 3. The molecular formula is C15H10ClF3N2O2. The minimum atomic E-state index is -4.54. The molecule has 4 nitrogen and oxygen atoms in total. The third-order valence-electron chi connectivity index (χ3n) is 2.81. The number of nitrogens with one attached hydrogen (secondary N) is 1. The van der Waals surface area contributed by atoms with Gasteiger partial charge in [-0.1, -0.05) is 17.7 Å². The van der Waals surface area contributed by atoms with Crippen molar-refractivity contribution in [1.82, 2.24) is 5.43 Å². The molecule has 0 heterocycles. The Bertz CT molecular complexity index is 761. The van der Waals surface area contributed by atoms with Gasteiger partial charge < -0.3 is 5.11 Å². The molecule has 0 atom stereocenters. The summed E-state index contributed by atoms with van der Waals surface area (Å²) in [6, 6.07) is 8.18. The van der Waals surface area contributed by atoms with Crippen molar-refractivity contribution in [1.29, 1.82) is 0 Å². The average molecular weight is 343 g/mol. The Morgan fingerprint density at radius 1 is 1.22 bits per heavy atom. The Labute approximate surface area is 134 Å². The van der Waals surface area contributed by atoms with Crippen LogP contribution < -0.4 is 5.43 Å². The maximum Gasteiger partial charge on any atom is 0.416 e. The van der Waals surface area contributed by atoms with Crippen LogP contribution in [-0.2, 0) is 6.18 Å². The molecule has 0 bridgehead atoms. The van der Waals surface area contributed by atoms with Gasteiger partial charge in [0, 0.05) is 16.1 Å². The summed E-state index contributed by atoms with van der Waals surface area (Å²) in [4.78, 5) is 11.8. The SMILES string of the molecule is O=C(NN=Cc1cc(Cl)ccc1O)c1cccc(C(F)(F)F)c1. The van der Waals surface area contributed by atoms with E-state index in [0.717, 1.165) is 24.4 Å². The molecule has 0 aliphatic rings. The maximum atomic E-state index is 12.6. The summed E-state index contributed by atoms with van der Waals surface area (Å²) in [6.07, 6.45) is -3.40. The van der Waals surface area contributed by atoms with Crippen LogP contribution in [-0.4, -0.2) is 17.2 Å². The van der Waals surface area contributed by atoms with E-state index < -0.39 is 17.6 Å². The predicted molar refractivity (Wildman–Crippen MR) is 79.6 cm³/mol. The quantitative estimate of drug-likeness (QED) is 0.658. The normalized spacial score (nSPS) is 11.7. The van der Waals surface area contributed by atoms with Gasteiger partial charge in [-0.25, -0.2) is 5.43 Å². The monoisotopic (exact) mass is 342 g/mol. The van der Waals surface area contributed by atoms with E-state index in [1.165, 1.54) is 24.3 Å². The molecule has 0 aliphatic carbocycles. The minimum absolute atomic E-state index is 0.105. The van der Waals surface area contributed by atoms with Crippen molar-refractivity contribution in [3.8, 4) is 5.75 Å². The largest absolute Gasteiger partial charge is 0.507 e. The zero-order valence-electron chi connectivity index (χ0n) is 11.4. The second-order valence-corrected chi connectivity index (χ2v) is 4.92. The van der Waals surface area contributed by atoms with Crippen LogP contribution in [0, 0.1) is 0 Å². The first-order chi connectivity index (χ1) is 10.8. The number of hydrazone groups is 1. The number of hydrogen-bond donors (Lipinski definition) is 2. The fourth-order valence-electron chi connectivity index (χ4n) is 1.69. The highest BCUT2D eigenvalue weighted by Crippen LogP contribution is 2.29. The second kappa shape index (κ2) is 6.70. The molecule has 2 N–H and O–H groups in total. The maximum absolute atomic E-state index is 12.6. The summed E-state index contributed by atoms with van der Waals surface area (Å²) < 4.78 is 37.8. The first-order valence-corrected chi connectivity index (χ1v) is 6.64. The van der Waals surface area contributed by atoms with Crippen LogP contribution in [0.4, 0.5) is 13.2 Å². The van der Waals surface area contributed by atoms with Gasteiger partial charge in [0.1, 0.15) is 5.75 Å². The summed E-state index contributed by atoms with van der Waals surface area (Å²) in [5.41, 5.74) is 1.22. The summed E-state index contributed by atoms with van der Waals surface area (Å²) in [7, 11) is 0. The zero-order chi connectivity index (χ0) is 17.0. The lowest BCUT2D eigenvalue weighted by atomic mass is 10.1. The van der Waals surface area contributed by atoms with Crippen molar-refractivity contribution < 1.29 is 23.1 Å². The Morgan fingerprint density at radius 3 is 2.65 bits per heavy atom. The van der Waals surface area contributed by atoms with Crippen LogP contribution >= 0.6 is 11.6 Å². The van der Waals surface area contributed by atoms with Crippen molar-refractivity contribution >= 4 is 23.7 Å². The van der Waals surface area contributed by atoms with E-state index in [4.69, 9.17) is 11.6 Å². The Hall–Kier alpha value is -2.54. The van der Waals surface area contributed by atoms with Crippen LogP contribution in [0.1, 0.15) is 21.5 Å². The average Bonchev–Trinajstić information content (AvgIpc) is 2.50. The summed E-state index contributed by atoms with van der Waals surface area (Å²) in [5.74, 6) is -0.916. The van der Waals surface area contributed by atoms with Gasteiger partial charge in [0.05, 0.1) is 11.8 Å². The number of carbonyl (C=O) groups is 1. The van der Waals surface area contributed by atoms with Gasteiger partial charge in [0.2, 0.25) is 0 Å². The highest BCUT2D eigenvalue weighted by molar-refractivity contribution is 6.30. The number of aromatic hydroxyl groups is 1. The Kier molecular flexibility index (Phi) is 4.90. The molecule has 0 radical (unpaired) electrons. The fourth-order valence-corrected chi connectivity index (χ4v) is 1.87. The van der Waals surface area contributed by atoms with Gasteiger partial charge in [-0.3, -0.25) is 4.79 Å². The minimum Gasteiger partial charge on any atom is -0.507 e. The highest BCUT2D eigenvalue weighted by Gasteiger charge is 2.30. The molecule has 120 valence electrons. The Morgan fingerprint density at radius 2 is 1.96 bits per heavy atom. The molecular weight excluding hydrogens is 333 g/mol. The number of phenolic OH excluding ortho intramolecular Hbond substituents is 1. The molecule has 0 spiro atoms. The molecule has 0 unspecified atom stereocenters. The predicted octanol–water partition coefficient (Wildman–Crippen LogP) is 3.83. The lowest BCUT2D eigenvalue weighted by molar-refractivity contribution is -0.137. The Balaban J connectivity index is 2.11. The fraction of sp³-hybridized carbons (Fsp3) is 0.0667. The van der Waals surface area contributed by atoms with Crippen molar-refractivity contribution in [2.75, 3.05) is 0 Å². The van der Waals surface area contributed by atoms with Gasteiger partial charge in [0.25, 0.3) is 5.91 Å². The molecule has 8 heteroatoms. The summed E-state index contributed by atoms with van der Waals surface area (Å²) in [6.45, 7) is 0. The van der Waals surface area contributed by atoms with E-state index >= 15 is 0 Å². The van der Waals surface area contributed by atoms with E-state index in [0.29, 0.717) is 5.02 Å². The number of nitrogens with zero attached hydrogens (tertiary/aromatic N) is 1. The van der Waals surface area contributed by atoms with Gasteiger partial charge in [-0.05, 0) is 36.4 Å². The van der Waals surface area contributed by atoms with Crippen molar-refractivity contribution in [3.05, 3.63) is 64.2 Å². The van der Waals surface area contributed by atoms with E-state index in [1.807, 2.05) is 0 Å². The molecule has 2 aromatic carbocycles. The van der Waals surface area contributed by atoms with Gasteiger partial charge in [-0.15, -0.1) is 0 Å². The van der Waals surface area contributed by atoms with Crippen LogP contribution in [0.3, 0.4) is 0 Å². The molecule has 0 aromatic heterocycles. The van der Waals surface area contributed by atoms with Crippen LogP contribution in [0.2, 0.25) is 5.02 Å². The molecule has 0 saturated heterocycles. The molecule has 23 heavy (non-hydrogen) atoms. The van der Waals surface area contributed by atoms with Crippen LogP contribution in [0.25, 0.3) is 0 Å². The number of amides is 1. The standard InChI is InChI=1S/C15H10ClF3N2O2/c16-12-4-5-13(22)10(7-12)8-20-21-14(23)9-2-1-3-11(6-9)15(17,18)19/h1-8,22H,(H,21,23). The molecule has 2 aromatic rings. The lowest BCUT2D eigenvalue weighted by Gasteiger charge is -2.07. The molecule has 2 rings (SSSR count). The van der Waals surface area contributed by atoms with E-state index in [-0.39, 0.29) is 16.9 Å². The van der Waals surface area contributed by atoms with Gasteiger partial charge in [0.15, 0.2) is 0 Å². The molecule has 0 saturated carbocycles. The van der Waals surface area contributed by atoms with E-state index in [1.54, 1.807) is 0 Å². The summed E-state index contributed by atoms with van der Waals surface area (Å²) in [5, 5.41) is 13.5. The molecule has 0 fully saturated rings. The topological polar surface area (TPSA) is 61.7 Å². The number of alkyl halides is 3. The zero-order valence-corrected chi connectivity index (χ0v) is 12.2. The number of benzene rings is 2. The van der Waals surface area contributed by atoms with Crippen molar-refractivity contribution in [3.63, 3.8) is 0 Å². The van der Waals surface area contributed by atoms with Gasteiger partial charge in [-0.2, -0.15) is 18.3 Å².